The van der Waals surface area contributed by atoms with E-state index >= 15 is 0 Å². The van der Waals surface area contributed by atoms with E-state index < -0.39 is 23.4 Å². The molecule has 3 N–H and O–H groups in total. The summed E-state index contributed by atoms with van der Waals surface area (Å²) in [5.74, 6) is 1.12. The second kappa shape index (κ2) is 16.6. The Bertz CT molecular complexity index is 1110. The van der Waals surface area contributed by atoms with Gasteiger partial charge in [-0.05, 0) is 82.1 Å². The maximum Gasteiger partial charge on any atom is 0.407 e. The van der Waals surface area contributed by atoms with Gasteiger partial charge < -0.3 is 29.9 Å². The summed E-state index contributed by atoms with van der Waals surface area (Å²) in [6.45, 7) is 20.2. The zero-order valence-electron chi connectivity index (χ0n) is 26.9. The van der Waals surface area contributed by atoms with Gasteiger partial charge in [0.05, 0.1) is 5.60 Å². The van der Waals surface area contributed by atoms with Gasteiger partial charge in [-0.1, -0.05) is 70.7 Å². The minimum absolute atomic E-state index is 0.0736. The Balaban J connectivity index is 0.00000148. The lowest BCUT2D eigenvalue weighted by molar-refractivity contribution is -0.136. The lowest BCUT2D eigenvalue weighted by Crippen LogP contribution is -2.50. The van der Waals surface area contributed by atoms with E-state index in [0.29, 0.717) is 31.1 Å². The summed E-state index contributed by atoms with van der Waals surface area (Å²) in [6, 6.07) is 16.2. The molecule has 7 heteroatoms. The molecule has 1 atom stereocenters. The lowest BCUT2D eigenvalue weighted by Gasteiger charge is -2.40. The van der Waals surface area contributed by atoms with Gasteiger partial charge in [0.25, 0.3) is 0 Å². The summed E-state index contributed by atoms with van der Waals surface area (Å²) >= 11 is 0. The van der Waals surface area contributed by atoms with Gasteiger partial charge in [0.15, 0.2) is 0 Å². The first kappa shape index (κ1) is 35.2. The second-order valence-corrected chi connectivity index (χ2v) is 11.6. The van der Waals surface area contributed by atoms with E-state index in [0.717, 1.165) is 49.2 Å². The average molecular weight is 583 g/mol. The van der Waals surface area contributed by atoms with E-state index in [-0.39, 0.29) is 6.61 Å². The van der Waals surface area contributed by atoms with Crippen LogP contribution in [0.1, 0.15) is 103 Å². The Morgan fingerprint density at radius 1 is 1.07 bits per heavy atom. The van der Waals surface area contributed by atoms with Crippen LogP contribution >= 0.6 is 0 Å². The molecule has 1 aliphatic heterocycles. The molecule has 0 radical (unpaired) electrons. The van der Waals surface area contributed by atoms with Gasteiger partial charge in [-0.2, -0.15) is 0 Å². The zero-order valence-corrected chi connectivity index (χ0v) is 26.9. The Hall–Kier alpha value is -3.03. The van der Waals surface area contributed by atoms with Crippen LogP contribution < -0.4 is 10.1 Å². The molecule has 0 bridgehead atoms. The molecule has 1 amide bonds. The third kappa shape index (κ3) is 10.4. The van der Waals surface area contributed by atoms with Crippen molar-refractivity contribution in [3.63, 3.8) is 0 Å². The molecule has 234 valence electrons. The van der Waals surface area contributed by atoms with Crippen LogP contribution in [0.5, 0.6) is 5.75 Å². The molecular weight excluding hydrogens is 528 g/mol. The first-order valence-electron chi connectivity index (χ1n) is 15.7. The smallest absolute Gasteiger partial charge is 0.407 e. The van der Waals surface area contributed by atoms with Crippen molar-refractivity contribution in [3.8, 4) is 5.75 Å². The van der Waals surface area contributed by atoms with Gasteiger partial charge in [-0.25, -0.2) is 4.79 Å². The van der Waals surface area contributed by atoms with E-state index in [1.165, 1.54) is 5.56 Å². The number of hydrogen-bond acceptors (Lipinski definition) is 6. The molecule has 2 aliphatic rings. The van der Waals surface area contributed by atoms with E-state index in [1.54, 1.807) is 0 Å². The summed E-state index contributed by atoms with van der Waals surface area (Å²) in [4.78, 5) is 14.3. The van der Waals surface area contributed by atoms with Gasteiger partial charge in [-0.15, -0.1) is 0 Å². The van der Waals surface area contributed by atoms with Crippen molar-refractivity contribution < 1.29 is 24.5 Å². The Labute approximate surface area is 253 Å². The first-order chi connectivity index (χ1) is 20.0. The van der Waals surface area contributed by atoms with Crippen molar-refractivity contribution in [1.82, 2.24) is 10.2 Å². The van der Waals surface area contributed by atoms with E-state index in [4.69, 9.17) is 9.47 Å². The predicted molar refractivity (Wildman–Crippen MR) is 172 cm³/mol. The summed E-state index contributed by atoms with van der Waals surface area (Å²) in [5.41, 5.74) is 2.79. The minimum Gasteiger partial charge on any atom is -0.491 e. The predicted octanol–water partition coefficient (Wildman–Crippen LogP) is 7.27. The quantitative estimate of drug-likeness (QED) is 0.288. The highest BCUT2D eigenvalue weighted by molar-refractivity contribution is 5.67. The summed E-state index contributed by atoms with van der Waals surface area (Å²) in [5, 5.41) is 23.4. The lowest BCUT2D eigenvalue weighted by atomic mass is 9.76. The largest absolute Gasteiger partial charge is 0.491 e. The molecule has 1 aliphatic carbocycles. The normalized spacial score (nSPS) is 16.8. The third-order valence-electron chi connectivity index (χ3n) is 7.55. The zero-order chi connectivity index (χ0) is 31.3. The summed E-state index contributed by atoms with van der Waals surface area (Å²) < 4.78 is 11.1. The number of nitrogens with one attached hydrogen (secondary N) is 1. The van der Waals surface area contributed by atoms with Crippen molar-refractivity contribution in [2.24, 2.45) is 0 Å². The molecule has 2 fully saturated rings. The highest BCUT2D eigenvalue weighted by atomic mass is 16.6. The van der Waals surface area contributed by atoms with Gasteiger partial charge in [0, 0.05) is 30.9 Å². The molecule has 7 nitrogen and oxygen atoms in total. The van der Waals surface area contributed by atoms with Crippen LogP contribution in [0.3, 0.4) is 0 Å². The molecule has 1 saturated heterocycles. The van der Waals surface area contributed by atoms with Gasteiger partial charge >= 0.3 is 6.09 Å². The topological polar surface area (TPSA) is 91.3 Å². The molecule has 2 aromatic carbocycles. The molecule has 0 aromatic heterocycles. The van der Waals surface area contributed by atoms with Crippen molar-refractivity contribution in [3.05, 3.63) is 71.8 Å². The fourth-order valence-electron chi connectivity index (χ4n) is 5.08. The maximum absolute atomic E-state index is 12.0. The number of ether oxygens (including phenoxy) is 2. The molecule has 1 heterocycles. The van der Waals surface area contributed by atoms with Crippen LogP contribution in [-0.2, 0) is 11.3 Å². The highest BCUT2D eigenvalue weighted by Crippen LogP contribution is 2.35. The molecule has 1 unspecified atom stereocenters. The number of nitrogens with zero attached hydrogens (tertiary/aromatic N) is 1. The molecular formula is C35H54N2O5. The number of rotatable bonds is 9. The number of aliphatic hydroxyl groups is 2. The first-order valence-corrected chi connectivity index (χ1v) is 15.7. The van der Waals surface area contributed by atoms with E-state index in [9.17, 15) is 15.0 Å². The number of carbonyl (C=O) groups excluding carboxylic acids is 1. The van der Waals surface area contributed by atoms with Crippen LogP contribution in [-0.4, -0.2) is 58.2 Å². The number of likely N-dealkylation sites (tertiary alicyclic amines) is 1. The highest BCUT2D eigenvalue weighted by Gasteiger charge is 2.41. The van der Waals surface area contributed by atoms with Crippen molar-refractivity contribution in [2.75, 3.05) is 19.7 Å². The number of amides is 1. The molecule has 42 heavy (non-hydrogen) atoms. The summed E-state index contributed by atoms with van der Waals surface area (Å²) in [7, 11) is 0. The number of hydrogen-bond donors (Lipinski definition) is 3. The van der Waals surface area contributed by atoms with Crippen molar-refractivity contribution >= 4 is 11.8 Å². The number of benzene rings is 2. The minimum atomic E-state index is -1.00. The van der Waals surface area contributed by atoms with Crippen LogP contribution in [0.4, 0.5) is 4.79 Å². The Kier molecular flexibility index (Phi) is 13.9. The fourth-order valence-corrected chi connectivity index (χ4v) is 5.08. The Morgan fingerprint density at radius 3 is 2.31 bits per heavy atom. The summed E-state index contributed by atoms with van der Waals surface area (Å²) in [6.07, 6.45) is 2.93. The molecule has 2 aromatic rings. The monoisotopic (exact) mass is 582 g/mol. The molecule has 0 spiro atoms. The van der Waals surface area contributed by atoms with Gasteiger partial charge in [0.2, 0.25) is 0 Å². The number of piperidine rings is 1. The number of carbonyl (C=O) groups is 1. The average Bonchev–Trinajstić information content (AvgIpc) is 2.99. The molecule has 1 saturated carbocycles. The maximum atomic E-state index is 12.0. The Morgan fingerprint density at radius 2 is 1.71 bits per heavy atom. The van der Waals surface area contributed by atoms with Crippen LogP contribution in [0, 0.1) is 0 Å². The van der Waals surface area contributed by atoms with Gasteiger partial charge in [-0.3, -0.25) is 0 Å². The van der Waals surface area contributed by atoms with E-state index in [1.807, 2.05) is 78.8 Å². The van der Waals surface area contributed by atoms with Crippen LogP contribution in [0.15, 0.2) is 55.1 Å². The van der Waals surface area contributed by atoms with Crippen molar-refractivity contribution in [2.45, 2.75) is 110 Å². The van der Waals surface area contributed by atoms with Crippen LogP contribution in [0.2, 0.25) is 0 Å². The SMILES string of the molecule is C=C(c1cccc(OCC(O)C2(O)CCC2)c1)N1CCC(c2cccc(CNC(=O)OC(C)(C)C)c2)CC1.CC.CC. The number of aliphatic hydroxyl groups excluding tert-OH is 1. The van der Waals surface area contributed by atoms with Crippen molar-refractivity contribution in [1.29, 1.82) is 0 Å². The second-order valence-electron chi connectivity index (χ2n) is 11.6. The number of alkyl carbamates (subject to hydrolysis) is 1. The van der Waals surface area contributed by atoms with Crippen LogP contribution in [0.25, 0.3) is 5.70 Å². The third-order valence-corrected chi connectivity index (χ3v) is 7.55. The van der Waals surface area contributed by atoms with Gasteiger partial charge in [0.1, 0.15) is 24.1 Å². The molecule has 4 rings (SSSR count). The van der Waals surface area contributed by atoms with E-state index in [2.05, 4.69) is 35.0 Å². The fraction of sp³-hybridized carbons (Fsp3) is 0.571. The standard InChI is InChI=1S/C31H42N2O5.2C2H6/c1-22(25-9-6-11-27(19-25)37-21-28(34)31(36)14-7-15-31)33-16-12-24(13-17-33)26-10-5-8-23(18-26)20-32-29(35)38-30(2,3)4;2*1-2/h5-6,8-11,18-19,24,28,34,36H,1,7,12-17,20-21H2,2-4H3,(H,32,35);2*1-2H3.